The monoisotopic (exact) mass is 271 g/mol. The second-order valence-corrected chi connectivity index (χ2v) is 5.88. The standard InChI is InChI=1S/C17H21NO2/c1-2-9-20-15-7-5-13(6-8-15)17(19)18-16-11-12-3-4-14(16)10-12/h2,5-8,12,14,16H,1,3-4,9-11H2,(H,18,19)/t12-,14-,16+/m0/s1. The first-order chi connectivity index (χ1) is 9.76. The van der Waals surface area contributed by atoms with E-state index in [1.807, 2.05) is 24.3 Å². The highest BCUT2D eigenvalue weighted by Crippen LogP contribution is 2.44. The van der Waals surface area contributed by atoms with Gasteiger partial charge in [0.15, 0.2) is 0 Å². The molecule has 3 rings (SSSR count). The van der Waals surface area contributed by atoms with E-state index >= 15 is 0 Å². The number of carbonyl (C=O) groups is 1. The molecular weight excluding hydrogens is 250 g/mol. The van der Waals surface area contributed by atoms with Crippen molar-refractivity contribution in [2.75, 3.05) is 6.61 Å². The van der Waals surface area contributed by atoms with Crippen LogP contribution in [0.4, 0.5) is 0 Å². The van der Waals surface area contributed by atoms with Crippen molar-refractivity contribution < 1.29 is 9.53 Å². The van der Waals surface area contributed by atoms with Crippen molar-refractivity contribution in [3.63, 3.8) is 0 Å². The zero-order valence-electron chi connectivity index (χ0n) is 11.7. The van der Waals surface area contributed by atoms with E-state index in [-0.39, 0.29) is 5.91 Å². The lowest BCUT2D eigenvalue weighted by molar-refractivity contribution is 0.0923. The van der Waals surface area contributed by atoms with Gasteiger partial charge in [0.1, 0.15) is 12.4 Å². The Bertz CT molecular complexity index is 494. The average molecular weight is 271 g/mol. The Morgan fingerprint density at radius 3 is 2.70 bits per heavy atom. The molecule has 106 valence electrons. The Balaban J connectivity index is 1.58. The van der Waals surface area contributed by atoms with Crippen molar-refractivity contribution in [1.29, 1.82) is 0 Å². The van der Waals surface area contributed by atoms with Crippen LogP contribution in [-0.2, 0) is 0 Å². The molecule has 1 amide bonds. The number of fused-ring (bicyclic) bond motifs is 2. The summed E-state index contributed by atoms with van der Waals surface area (Å²) in [4.78, 5) is 12.2. The Kier molecular flexibility index (Phi) is 3.77. The summed E-state index contributed by atoms with van der Waals surface area (Å²) in [7, 11) is 0. The Morgan fingerprint density at radius 1 is 1.30 bits per heavy atom. The molecule has 2 bridgehead atoms. The number of hydrogen-bond donors (Lipinski definition) is 1. The predicted octanol–water partition coefficient (Wildman–Crippen LogP) is 3.17. The fourth-order valence-electron chi connectivity index (χ4n) is 3.53. The summed E-state index contributed by atoms with van der Waals surface area (Å²) in [6.45, 7) is 4.09. The summed E-state index contributed by atoms with van der Waals surface area (Å²) < 4.78 is 5.41. The molecule has 0 spiro atoms. The highest BCUT2D eigenvalue weighted by molar-refractivity contribution is 5.94. The van der Waals surface area contributed by atoms with E-state index in [1.165, 1.54) is 19.3 Å². The molecule has 0 unspecified atom stereocenters. The van der Waals surface area contributed by atoms with Gasteiger partial charge in [0.2, 0.25) is 0 Å². The molecule has 1 aromatic carbocycles. The third-order valence-electron chi connectivity index (χ3n) is 4.54. The first kappa shape index (κ1) is 13.2. The summed E-state index contributed by atoms with van der Waals surface area (Å²) in [5, 5.41) is 3.19. The highest BCUT2D eigenvalue weighted by atomic mass is 16.5. The number of nitrogens with one attached hydrogen (secondary N) is 1. The maximum atomic E-state index is 12.2. The van der Waals surface area contributed by atoms with E-state index in [4.69, 9.17) is 4.74 Å². The van der Waals surface area contributed by atoms with Gasteiger partial charge in [-0.15, -0.1) is 0 Å². The van der Waals surface area contributed by atoms with Crippen LogP contribution in [0.1, 0.15) is 36.0 Å². The van der Waals surface area contributed by atoms with Crippen LogP contribution in [0.15, 0.2) is 36.9 Å². The number of amides is 1. The second kappa shape index (κ2) is 5.70. The molecule has 1 aromatic rings. The topological polar surface area (TPSA) is 38.3 Å². The third kappa shape index (κ3) is 2.72. The minimum Gasteiger partial charge on any atom is -0.490 e. The minimum absolute atomic E-state index is 0.0396. The van der Waals surface area contributed by atoms with E-state index in [1.54, 1.807) is 6.08 Å². The van der Waals surface area contributed by atoms with Crippen molar-refractivity contribution in [2.45, 2.75) is 31.7 Å². The van der Waals surface area contributed by atoms with Crippen LogP contribution in [-0.4, -0.2) is 18.6 Å². The molecule has 0 saturated heterocycles. The largest absolute Gasteiger partial charge is 0.490 e. The minimum atomic E-state index is 0.0396. The van der Waals surface area contributed by atoms with E-state index in [0.717, 1.165) is 18.1 Å². The maximum Gasteiger partial charge on any atom is 0.251 e. The molecule has 2 aliphatic rings. The summed E-state index contributed by atoms with van der Waals surface area (Å²) in [6.07, 6.45) is 6.81. The fourth-order valence-corrected chi connectivity index (χ4v) is 3.53. The van der Waals surface area contributed by atoms with E-state index in [9.17, 15) is 4.79 Å². The van der Waals surface area contributed by atoms with Gasteiger partial charge in [0, 0.05) is 11.6 Å². The van der Waals surface area contributed by atoms with Gasteiger partial charge in [-0.25, -0.2) is 0 Å². The van der Waals surface area contributed by atoms with Gasteiger partial charge in [-0.05, 0) is 55.4 Å². The number of ether oxygens (including phenoxy) is 1. The van der Waals surface area contributed by atoms with E-state index < -0.39 is 0 Å². The average Bonchev–Trinajstić information content (AvgIpc) is 3.08. The zero-order chi connectivity index (χ0) is 13.9. The van der Waals surface area contributed by atoms with Gasteiger partial charge in [0.05, 0.1) is 0 Å². The normalized spacial score (nSPS) is 27.3. The van der Waals surface area contributed by atoms with Gasteiger partial charge in [-0.1, -0.05) is 19.1 Å². The zero-order valence-corrected chi connectivity index (χ0v) is 11.7. The Morgan fingerprint density at radius 2 is 2.10 bits per heavy atom. The molecule has 3 nitrogen and oxygen atoms in total. The molecule has 0 radical (unpaired) electrons. The van der Waals surface area contributed by atoms with Crippen molar-refractivity contribution in [2.24, 2.45) is 11.8 Å². The second-order valence-electron chi connectivity index (χ2n) is 5.88. The molecule has 2 fully saturated rings. The maximum absolute atomic E-state index is 12.2. The Labute approximate surface area is 120 Å². The summed E-state index contributed by atoms with van der Waals surface area (Å²) in [6, 6.07) is 7.69. The van der Waals surface area contributed by atoms with Crippen molar-refractivity contribution in [1.82, 2.24) is 5.32 Å². The van der Waals surface area contributed by atoms with Gasteiger partial charge in [-0.2, -0.15) is 0 Å². The highest BCUT2D eigenvalue weighted by Gasteiger charge is 2.40. The molecule has 2 aliphatic carbocycles. The van der Waals surface area contributed by atoms with Crippen LogP contribution >= 0.6 is 0 Å². The van der Waals surface area contributed by atoms with Gasteiger partial charge in [0.25, 0.3) is 5.91 Å². The number of benzene rings is 1. The molecule has 3 atom stereocenters. The van der Waals surface area contributed by atoms with Crippen LogP contribution in [0.2, 0.25) is 0 Å². The number of rotatable bonds is 5. The first-order valence-electron chi connectivity index (χ1n) is 7.41. The molecule has 2 saturated carbocycles. The Hall–Kier alpha value is -1.77. The molecular formula is C17H21NO2. The van der Waals surface area contributed by atoms with Crippen molar-refractivity contribution in [3.05, 3.63) is 42.5 Å². The quantitative estimate of drug-likeness (QED) is 0.835. The SMILES string of the molecule is C=CCOc1ccc(C(=O)N[C@@H]2C[C@H]3CC[C@H]2C3)cc1. The third-order valence-corrected chi connectivity index (χ3v) is 4.54. The lowest BCUT2D eigenvalue weighted by atomic mass is 9.95. The number of hydrogen-bond acceptors (Lipinski definition) is 2. The molecule has 3 heteroatoms. The van der Waals surface area contributed by atoms with Crippen LogP contribution in [0, 0.1) is 11.8 Å². The molecule has 1 N–H and O–H groups in total. The van der Waals surface area contributed by atoms with Gasteiger partial charge in [-0.3, -0.25) is 4.79 Å². The van der Waals surface area contributed by atoms with Crippen molar-refractivity contribution in [3.8, 4) is 5.75 Å². The lowest BCUT2D eigenvalue weighted by Gasteiger charge is -2.22. The van der Waals surface area contributed by atoms with E-state index in [2.05, 4.69) is 11.9 Å². The van der Waals surface area contributed by atoms with Crippen LogP contribution in [0.3, 0.4) is 0 Å². The molecule has 0 aliphatic heterocycles. The summed E-state index contributed by atoms with van der Waals surface area (Å²) in [5.41, 5.74) is 0.707. The first-order valence-corrected chi connectivity index (χ1v) is 7.41. The van der Waals surface area contributed by atoms with Gasteiger partial charge < -0.3 is 10.1 Å². The van der Waals surface area contributed by atoms with Crippen LogP contribution in [0.5, 0.6) is 5.75 Å². The predicted molar refractivity (Wildman–Crippen MR) is 78.8 cm³/mol. The molecule has 20 heavy (non-hydrogen) atoms. The van der Waals surface area contributed by atoms with Gasteiger partial charge >= 0.3 is 0 Å². The lowest BCUT2D eigenvalue weighted by Crippen LogP contribution is -2.38. The fraction of sp³-hybridized carbons (Fsp3) is 0.471. The molecule has 0 heterocycles. The summed E-state index contributed by atoms with van der Waals surface area (Å²) in [5.74, 6) is 2.36. The van der Waals surface area contributed by atoms with Crippen LogP contribution in [0.25, 0.3) is 0 Å². The van der Waals surface area contributed by atoms with E-state index in [0.29, 0.717) is 24.1 Å². The van der Waals surface area contributed by atoms with Crippen LogP contribution < -0.4 is 10.1 Å². The molecule has 0 aromatic heterocycles. The van der Waals surface area contributed by atoms with Crippen molar-refractivity contribution >= 4 is 5.91 Å². The number of carbonyl (C=O) groups excluding carboxylic acids is 1. The smallest absolute Gasteiger partial charge is 0.251 e. The summed E-state index contributed by atoms with van der Waals surface area (Å²) >= 11 is 0.